The first kappa shape index (κ1) is 14.8. The van der Waals surface area contributed by atoms with Crippen LogP contribution in [0.5, 0.6) is 0 Å². The Morgan fingerprint density at radius 2 is 2.23 bits per heavy atom. The number of rotatable bonds is 4. The summed E-state index contributed by atoms with van der Waals surface area (Å²) in [6.07, 6.45) is 2.24. The molecule has 0 bridgehead atoms. The summed E-state index contributed by atoms with van der Waals surface area (Å²) in [5, 5.41) is 3.62. The summed E-state index contributed by atoms with van der Waals surface area (Å²) in [6, 6.07) is 9.15. The molecule has 5 heteroatoms. The van der Waals surface area contributed by atoms with E-state index >= 15 is 0 Å². The van der Waals surface area contributed by atoms with Crippen molar-refractivity contribution in [2.24, 2.45) is 0 Å². The SMILES string of the molecule is CCN1CCCC1CNC(=O)c1cc2ccccc2oc1=O. The number of carbonyl (C=O) groups is 1. The van der Waals surface area contributed by atoms with E-state index in [2.05, 4.69) is 17.1 Å². The Kier molecular flexibility index (Phi) is 4.24. The van der Waals surface area contributed by atoms with E-state index in [0.29, 0.717) is 18.2 Å². The number of carbonyl (C=O) groups excluding carboxylic acids is 1. The van der Waals surface area contributed by atoms with Crippen molar-refractivity contribution in [3.63, 3.8) is 0 Å². The first-order valence-corrected chi connectivity index (χ1v) is 7.74. The van der Waals surface area contributed by atoms with Crippen LogP contribution in [0.15, 0.2) is 39.5 Å². The number of fused-ring (bicyclic) bond motifs is 1. The fraction of sp³-hybridized carbons (Fsp3) is 0.412. The summed E-state index contributed by atoms with van der Waals surface area (Å²) < 4.78 is 5.20. The molecule has 2 aromatic rings. The smallest absolute Gasteiger partial charge is 0.349 e. The minimum Gasteiger partial charge on any atom is -0.422 e. The second kappa shape index (κ2) is 6.32. The molecule has 0 radical (unpaired) electrons. The lowest BCUT2D eigenvalue weighted by molar-refractivity contribution is 0.0938. The molecule has 1 aromatic heterocycles. The van der Waals surface area contributed by atoms with Crippen molar-refractivity contribution in [3.8, 4) is 0 Å². The maximum Gasteiger partial charge on any atom is 0.349 e. The topological polar surface area (TPSA) is 62.6 Å². The number of nitrogens with one attached hydrogen (secondary N) is 1. The van der Waals surface area contributed by atoms with E-state index in [0.717, 1.165) is 31.3 Å². The van der Waals surface area contributed by atoms with E-state index in [1.807, 2.05) is 12.1 Å². The first-order valence-electron chi connectivity index (χ1n) is 7.74. The highest BCUT2D eigenvalue weighted by Crippen LogP contribution is 2.16. The quantitative estimate of drug-likeness (QED) is 0.877. The third kappa shape index (κ3) is 2.90. The molecule has 1 saturated heterocycles. The van der Waals surface area contributed by atoms with Crippen molar-refractivity contribution in [3.05, 3.63) is 46.3 Å². The van der Waals surface area contributed by atoms with Crippen molar-refractivity contribution in [1.82, 2.24) is 10.2 Å². The Bertz CT molecular complexity index is 738. The number of hydrogen-bond donors (Lipinski definition) is 1. The monoisotopic (exact) mass is 300 g/mol. The van der Waals surface area contributed by atoms with Gasteiger partial charge in [0, 0.05) is 18.0 Å². The highest BCUT2D eigenvalue weighted by Gasteiger charge is 2.24. The lowest BCUT2D eigenvalue weighted by Gasteiger charge is -2.22. The molecule has 1 fully saturated rings. The van der Waals surface area contributed by atoms with Crippen molar-refractivity contribution < 1.29 is 9.21 Å². The van der Waals surface area contributed by atoms with E-state index in [4.69, 9.17) is 4.42 Å². The standard InChI is InChI=1S/C17H20N2O3/c1-2-19-9-5-7-13(19)11-18-16(20)14-10-12-6-3-4-8-15(12)22-17(14)21/h3-4,6,8,10,13H,2,5,7,9,11H2,1H3,(H,18,20). The van der Waals surface area contributed by atoms with E-state index in [1.165, 1.54) is 0 Å². The molecule has 0 saturated carbocycles. The van der Waals surface area contributed by atoms with Gasteiger partial charge in [0.05, 0.1) is 0 Å². The zero-order chi connectivity index (χ0) is 15.5. The molecule has 1 atom stereocenters. The molecule has 0 aliphatic carbocycles. The van der Waals surface area contributed by atoms with Crippen LogP contribution in [0.3, 0.4) is 0 Å². The van der Waals surface area contributed by atoms with Crippen LogP contribution in [-0.2, 0) is 0 Å². The van der Waals surface area contributed by atoms with Gasteiger partial charge in [0.2, 0.25) is 0 Å². The lowest BCUT2D eigenvalue weighted by Crippen LogP contribution is -2.41. The van der Waals surface area contributed by atoms with Gasteiger partial charge in [0.1, 0.15) is 11.1 Å². The molecule has 1 N–H and O–H groups in total. The fourth-order valence-corrected chi connectivity index (χ4v) is 3.07. The van der Waals surface area contributed by atoms with Gasteiger partial charge < -0.3 is 9.73 Å². The van der Waals surface area contributed by atoms with E-state index in [9.17, 15) is 9.59 Å². The Hall–Kier alpha value is -2.14. The van der Waals surface area contributed by atoms with E-state index < -0.39 is 5.63 Å². The van der Waals surface area contributed by atoms with Crippen LogP contribution in [0.25, 0.3) is 11.0 Å². The molecular formula is C17H20N2O3. The van der Waals surface area contributed by atoms with Crippen LogP contribution in [0.1, 0.15) is 30.1 Å². The number of amides is 1. The third-order valence-electron chi connectivity index (χ3n) is 4.29. The number of likely N-dealkylation sites (tertiary alicyclic amines) is 1. The molecule has 1 unspecified atom stereocenters. The summed E-state index contributed by atoms with van der Waals surface area (Å²) in [4.78, 5) is 26.6. The van der Waals surface area contributed by atoms with Crippen LogP contribution in [0.2, 0.25) is 0 Å². The lowest BCUT2D eigenvalue weighted by atomic mass is 10.1. The second-order valence-corrected chi connectivity index (χ2v) is 5.62. The van der Waals surface area contributed by atoms with Gasteiger partial charge in [0.25, 0.3) is 5.91 Å². The van der Waals surface area contributed by atoms with Crippen molar-refractivity contribution in [1.29, 1.82) is 0 Å². The van der Waals surface area contributed by atoms with Gasteiger partial charge >= 0.3 is 5.63 Å². The Balaban J connectivity index is 1.75. The normalized spacial score (nSPS) is 18.7. The molecule has 1 aliphatic rings. The number of benzene rings is 1. The van der Waals surface area contributed by atoms with E-state index in [-0.39, 0.29) is 11.5 Å². The molecule has 3 rings (SSSR count). The average molecular weight is 300 g/mol. The Morgan fingerprint density at radius 1 is 1.41 bits per heavy atom. The predicted octanol–water partition coefficient (Wildman–Crippen LogP) is 2.01. The van der Waals surface area contributed by atoms with Crippen LogP contribution in [-0.4, -0.2) is 36.5 Å². The van der Waals surface area contributed by atoms with Gasteiger partial charge in [-0.2, -0.15) is 0 Å². The summed E-state index contributed by atoms with van der Waals surface area (Å²) in [5.41, 5.74) is -0.0216. The molecule has 116 valence electrons. The van der Waals surface area contributed by atoms with Crippen LogP contribution >= 0.6 is 0 Å². The summed E-state index contributed by atoms with van der Waals surface area (Å²) in [5.74, 6) is -0.359. The molecular weight excluding hydrogens is 280 g/mol. The maximum atomic E-state index is 12.3. The molecule has 1 amide bonds. The molecule has 5 nitrogen and oxygen atoms in total. The van der Waals surface area contributed by atoms with Gasteiger partial charge in [-0.25, -0.2) is 4.79 Å². The highest BCUT2D eigenvalue weighted by molar-refractivity contribution is 5.96. The zero-order valence-corrected chi connectivity index (χ0v) is 12.7. The molecule has 2 heterocycles. The first-order chi connectivity index (χ1) is 10.7. The van der Waals surface area contributed by atoms with Gasteiger partial charge in [-0.1, -0.05) is 25.1 Å². The predicted molar refractivity (Wildman–Crippen MR) is 85.1 cm³/mol. The van der Waals surface area contributed by atoms with Gasteiger partial charge in [-0.05, 0) is 38.1 Å². The Labute approximate surface area is 128 Å². The van der Waals surface area contributed by atoms with Crippen LogP contribution < -0.4 is 10.9 Å². The largest absolute Gasteiger partial charge is 0.422 e. The summed E-state index contributed by atoms with van der Waals surface area (Å²) in [7, 11) is 0. The number of para-hydroxylation sites is 1. The molecule has 0 spiro atoms. The maximum absolute atomic E-state index is 12.3. The molecule has 1 aromatic carbocycles. The van der Waals surface area contributed by atoms with Gasteiger partial charge in [-0.15, -0.1) is 0 Å². The van der Waals surface area contributed by atoms with Crippen LogP contribution in [0, 0.1) is 0 Å². The van der Waals surface area contributed by atoms with E-state index in [1.54, 1.807) is 18.2 Å². The Morgan fingerprint density at radius 3 is 3.05 bits per heavy atom. The second-order valence-electron chi connectivity index (χ2n) is 5.62. The van der Waals surface area contributed by atoms with Gasteiger partial charge in [-0.3, -0.25) is 9.69 Å². The minimum absolute atomic E-state index is 0.0692. The average Bonchev–Trinajstić information content (AvgIpc) is 2.99. The minimum atomic E-state index is -0.588. The summed E-state index contributed by atoms with van der Waals surface area (Å²) in [6.45, 7) is 4.75. The highest BCUT2D eigenvalue weighted by atomic mass is 16.4. The van der Waals surface area contributed by atoms with Crippen molar-refractivity contribution in [2.45, 2.75) is 25.8 Å². The third-order valence-corrected chi connectivity index (χ3v) is 4.29. The zero-order valence-electron chi connectivity index (χ0n) is 12.7. The summed E-state index contributed by atoms with van der Waals surface area (Å²) >= 11 is 0. The number of likely N-dealkylation sites (N-methyl/N-ethyl adjacent to an activating group) is 1. The van der Waals surface area contributed by atoms with Gasteiger partial charge in [0.15, 0.2) is 0 Å². The molecule has 22 heavy (non-hydrogen) atoms. The number of hydrogen-bond acceptors (Lipinski definition) is 4. The van der Waals surface area contributed by atoms with Crippen molar-refractivity contribution >= 4 is 16.9 Å². The molecule has 1 aliphatic heterocycles. The fourth-order valence-electron chi connectivity index (χ4n) is 3.07. The number of nitrogens with zero attached hydrogens (tertiary/aromatic N) is 1. The van der Waals surface area contributed by atoms with Crippen LogP contribution in [0.4, 0.5) is 0 Å². The van der Waals surface area contributed by atoms with Crippen molar-refractivity contribution in [2.75, 3.05) is 19.6 Å².